The van der Waals surface area contributed by atoms with Gasteiger partial charge < -0.3 is 10.2 Å². The van der Waals surface area contributed by atoms with Crippen molar-refractivity contribution in [2.24, 2.45) is 0 Å². The molecule has 0 amide bonds. The van der Waals surface area contributed by atoms with Crippen molar-refractivity contribution in [3.05, 3.63) is 24.4 Å². The smallest absolute Gasteiger partial charge is 0.128 e. The highest BCUT2D eigenvalue weighted by molar-refractivity contribution is 5.38. The first-order chi connectivity index (χ1) is 9.42. The molecule has 1 aliphatic carbocycles. The van der Waals surface area contributed by atoms with Gasteiger partial charge in [0, 0.05) is 38.4 Å². The van der Waals surface area contributed by atoms with Gasteiger partial charge in [0.15, 0.2) is 0 Å². The van der Waals surface area contributed by atoms with Crippen LogP contribution in [0.15, 0.2) is 24.4 Å². The molecule has 19 heavy (non-hydrogen) atoms. The van der Waals surface area contributed by atoms with Gasteiger partial charge in [0.05, 0.1) is 0 Å². The summed E-state index contributed by atoms with van der Waals surface area (Å²) in [7, 11) is 0. The summed E-state index contributed by atoms with van der Waals surface area (Å²) in [5.41, 5.74) is 0. The summed E-state index contributed by atoms with van der Waals surface area (Å²) < 4.78 is 0. The van der Waals surface area contributed by atoms with E-state index < -0.39 is 0 Å². The average molecular weight is 260 g/mol. The van der Waals surface area contributed by atoms with Crippen molar-refractivity contribution in [3.63, 3.8) is 0 Å². The van der Waals surface area contributed by atoms with Crippen molar-refractivity contribution in [1.29, 1.82) is 0 Å². The number of pyridine rings is 1. The van der Waals surface area contributed by atoms with Gasteiger partial charge in [-0.3, -0.25) is 4.90 Å². The van der Waals surface area contributed by atoms with Crippen LogP contribution in [-0.4, -0.2) is 55.2 Å². The first-order valence-corrected chi connectivity index (χ1v) is 7.53. The van der Waals surface area contributed by atoms with E-state index in [4.69, 9.17) is 0 Å². The van der Waals surface area contributed by atoms with Crippen molar-refractivity contribution in [1.82, 2.24) is 15.2 Å². The minimum absolute atomic E-state index is 0.848. The summed E-state index contributed by atoms with van der Waals surface area (Å²) in [4.78, 5) is 9.39. The van der Waals surface area contributed by atoms with Crippen LogP contribution in [0.5, 0.6) is 0 Å². The van der Waals surface area contributed by atoms with Crippen LogP contribution in [0.25, 0.3) is 0 Å². The third-order valence-corrected chi connectivity index (χ3v) is 4.01. The van der Waals surface area contributed by atoms with E-state index in [0.717, 1.165) is 24.9 Å². The standard InChI is InChI=1S/C15H24N4/c1-2-7-17-15(4-1)19-12-10-18(11-13-19)9-3-8-16-14-5-6-14/h1-2,4,7,14,16H,3,5-6,8-13H2. The van der Waals surface area contributed by atoms with Gasteiger partial charge in [0.25, 0.3) is 0 Å². The molecule has 1 saturated carbocycles. The zero-order valence-electron chi connectivity index (χ0n) is 11.6. The summed E-state index contributed by atoms with van der Waals surface area (Å²) in [5, 5.41) is 3.58. The molecule has 0 bridgehead atoms. The number of aromatic nitrogens is 1. The maximum Gasteiger partial charge on any atom is 0.128 e. The molecule has 2 aliphatic rings. The molecule has 1 aromatic heterocycles. The van der Waals surface area contributed by atoms with Crippen LogP contribution in [0.4, 0.5) is 5.82 Å². The SMILES string of the molecule is c1ccc(N2CCN(CCCNC3CC3)CC2)nc1. The Bertz CT molecular complexity index is 369. The monoisotopic (exact) mass is 260 g/mol. The molecule has 0 aromatic carbocycles. The number of rotatable bonds is 6. The fraction of sp³-hybridized carbons (Fsp3) is 0.667. The van der Waals surface area contributed by atoms with E-state index in [1.54, 1.807) is 0 Å². The van der Waals surface area contributed by atoms with E-state index in [-0.39, 0.29) is 0 Å². The minimum atomic E-state index is 0.848. The van der Waals surface area contributed by atoms with E-state index >= 15 is 0 Å². The molecule has 2 heterocycles. The molecule has 0 radical (unpaired) electrons. The molecule has 0 atom stereocenters. The Balaban J connectivity index is 1.34. The lowest BCUT2D eigenvalue weighted by Crippen LogP contribution is -2.47. The van der Waals surface area contributed by atoms with Crippen molar-refractivity contribution >= 4 is 5.82 Å². The largest absolute Gasteiger partial charge is 0.354 e. The van der Waals surface area contributed by atoms with Crippen LogP contribution in [0.1, 0.15) is 19.3 Å². The van der Waals surface area contributed by atoms with Crippen LogP contribution in [0, 0.1) is 0 Å². The second-order valence-electron chi connectivity index (χ2n) is 5.60. The van der Waals surface area contributed by atoms with Crippen LogP contribution >= 0.6 is 0 Å². The topological polar surface area (TPSA) is 31.4 Å². The van der Waals surface area contributed by atoms with E-state index in [2.05, 4.69) is 32.2 Å². The molecule has 2 fully saturated rings. The number of nitrogens with one attached hydrogen (secondary N) is 1. The Hall–Kier alpha value is -1.13. The van der Waals surface area contributed by atoms with E-state index in [1.165, 1.54) is 45.4 Å². The summed E-state index contributed by atoms with van der Waals surface area (Å²) in [6.07, 6.45) is 5.94. The van der Waals surface area contributed by atoms with Gasteiger partial charge in [-0.2, -0.15) is 0 Å². The number of hydrogen-bond acceptors (Lipinski definition) is 4. The van der Waals surface area contributed by atoms with Crippen molar-refractivity contribution in [2.75, 3.05) is 44.2 Å². The highest BCUT2D eigenvalue weighted by Gasteiger charge is 2.20. The number of hydrogen-bond donors (Lipinski definition) is 1. The first kappa shape index (κ1) is 12.9. The van der Waals surface area contributed by atoms with Crippen molar-refractivity contribution in [3.8, 4) is 0 Å². The van der Waals surface area contributed by atoms with Crippen LogP contribution in [0.2, 0.25) is 0 Å². The molecule has 0 unspecified atom stereocenters. The lowest BCUT2D eigenvalue weighted by molar-refractivity contribution is 0.253. The summed E-state index contributed by atoms with van der Waals surface area (Å²) in [6, 6.07) is 7.00. The van der Waals surface area contributed by atoms with Gasteiger partial charge in [0.1, 0.15) is 5.82 Å². The second-order valence-corrected chi connectivity index (χ2v) is 5.60. The number of nitrogens with zero attached hydrogens (tertiary/aromatic N) is 3. The van der Waals surface area contributed by atoms with Gasteiger partial charge >= 0.3 is 0 Å². The molecule has 104 valence electrons. The van der Waals surface area contributed by atoms with Crippen LogP contribution in [-0.2, 0) is 0 Å². The van der Waals surface area contributed by atoms with Gasteiger partial charge in [-0.25, -0.2) is 4.98 Å². The fourth-order valence-electron chi connectivity index (χ4n) is 2.64. The minimum Gasteiger partial charge on any atom is -0.354 e. The molecule has 1 N–H and O–H groups in total. The fourth-order valence-corrected chi connectivity index (χ4v) is 2.64. The van der Waals surface area contributed by atoms with E-state index in [9.17, 15) is 0 Å². The van der Waals surface area contributed by atoms with Crippen LogP contribution < -0.4 is 10.2 Å². The third-order valence-electron chi connectivity index (χ3n) is 4.01. The second kappa shape index (κ2) is 6.35. The summed E-state index contributed by atoms with van der Waals surface area (Å²) >= 11 is 0. The van der Waals surface area contributed by atoms with E-state index in [1.807, 2.05) is 12.3 Å². The Morgan fingerprint density at radius 1 is 1.16 bits per heavy atom. The van der Waals surface area contributed by atoms with Gasteiger partial charge in [-0.05, 0) is 44.5 Å². The molecular formula is C15H24N4. The highest BCUT2D eigenvalue weighted by atomic mass is 15.3. The Kier molecular flexibility index (Phi) is 4.30. The van der Waals surface area contributed by atoms with Gasteiger partial charge in [-0.1, -0.05) is 6.07 Å². The highest BCUT2D eigenvalue weighted by Crippen LogP contribution is 2.18. The zero-order valence-corrected chi connectivity index (χ0v) is 11.6. The Labute approximate surface area is 115 Å². The molecule has 1 aromatic rings. The van der Waals surface area contributed by atoms with E-state index in [0.29, 0.717) is 0 Å². The first-order valence-electron chi connectivity index (χ1n) is 7.53. The molecule has 4 nitrogen and oxygen atoms in total. The lowest BCUT2D eigenvalue weighted by atomic mass is 10.2. The summed E-state index contributed by atoms with van der Waals surface area (Å²) in [6.45, 7) is 6.96. The van der Waals surface area contributed by atoms with Crippen molar-refractivity contribution < 1.29 is 0 Å². The molecule has 1 saturated heterocycles. The predicted octanol–water partition coefficient (Wildman–Crippen LogP) is 1.35. The molecule has 3 rings (SSSR count). The Morgan fingerprint density at radius 2 is 2.00 bits per heavy atom. The normalized spacial score (nSPS) is 20.7. The number of anilines is 1. The maximum atomic E-state index is 4.43. The van der Waals surface area contributed by atoms with Crippen molar-refractivity contribution in [2.45, 2.75) is 25.3 Å². The Morgan fingerprint density at radius 3 is 2.68 bits per heavy atom. The zero-order chi connectivity index (χ0) is 12.9. The van der Waals surface area contributed by atoms with Crippen LogP contribution in [0.3, 0.4) is 0 Å². The molecule has 0 spiro atoms. The average Bonchev–Trinajstić information content (AvgIpc) is 3.29. The van der Waals surface area contributed by atoms with Gasteiger partial charge in [0.2, 0.25) is 0 Å². The quantitative estimate of drug-likeness (QED) is 0.782. The molecular weight excluding hydrogens is 236 g/mol. The van der Waals surface area contributed by atoms with Gasteiger partial charge in [-0.15, -0.1) is 0 Å². The third kappa shape index (κ3) is 3.91. The lowest BCUT2D eigenvalue weighted by Gasteiger charge is -2.35. The molecule has 1 aliphatic heterocycles. The maximum absolute atomic E-state index is 4.43. The molecule has 4 heteroatoms. The number of piperazine rings is 1. The summed E-state index contributed by atoms with van der Waals surface area (Å²) in [5.74, 6) is 1.12. The predicted molar refractivity (Wildman–Crippen MR) is 78.5 cm³/mol.